The third kappa shape index (κ3) is 1.68. The monoisotopic (exact) mass is 213 g/mol. The van der Waals surface area contributed by atoms with Crippen molar-refractivity contribution in [3.8, 4) is 11.8 Å². The average molecular weight is 214 g/mol. The molecule has 0 aromatic heterocycles. The normalized spacial score (nSPS) is 9.29. The molecule has 0 radical (unpaired) electrons. The van der Waals surface area contributed by atoms with Crippen LogP contribution in [-0.4, -0.2) is 12.4 Å². The predicted octanol–water partition coefficient (Wildman–Crippen LogP) is 2.08. The van der Waals surface area contributed by atoms with Gasteiger partial charge in [0.25, 0.3) is 5.24 Å². The molecular formula is C9H5ClFNO2. The second kappa shape index (κ2) is 4.07. The minimum atomic E-state index is -0.874. The van der Waals surface area contributed by atoms with E-state index in [9.17, 15) is 9.18 Å². The van der Waals surface area contributed by atoms with Gasteiger partial charge in [-0.05, 0) is 23.7 Å². The predicted molar refractivity (Wildman–Crippen MR) is 47.9 cm³/mol. The average Bonchev–Trinajstić information content (AvgIpc) is 2.17. The standard InChI is InChI=1S/C9H5ClFNO2/c1-14-7-3-2-5(9(10)13)6(4-12)8(7)11/h2-3H,1H3. The third-order valence-corrected chi connectivity index (χ3v) is 1.85. The SMILES string of the molecule is COc1ccc(C(=O)Cl)c(C#N)c1F. The number of nitrogens with zero attached hydrogens (tertiary/aromatic N) is 1. The van der Waals surface area contributed by atoms with E-state index in [-0.39, 0.29) is 11.3 Å². The molecule has 0 fully saturated rings. The molecule has 0 spiro atoms. The molecule has 0 saturated carbocycles. The lowest BCUT2D eigenvalue weighted by Crippen LogP contribution is -2.00. The molecule has 0 aliphatic rings. The Hall–Kier alpha value is -1.60. The molecule has 1 aromatic rings. The van der Waals surface area contributed by atoms with Gasteiger partial charge in [0.15, 0.2) is 11.6 Å². The second-order valence-electron chi connectivity index (χ2n) is 2.39. The maximum atomic E-state index is 13.3. The number of carbonyl (C=O) groups excluding carboxylic acids is 1. The molecule has 1 aromatic carbocycles. The maximum Gasteiger partial charge on any atom is 0.253 e. The molecule has 0 unspecified atom stereocenters. The Labute approximate surface area is 84.7 Å². The summed E-state index contributed by atoms with van der Waals surface area (Å²) in [6.45, 7) is 0. The molecule has 0 bridgehead atoms. The number of benzene rings is 1. The molecule has 0 N–H and O–H groups in total. The molecule has 0 aliphatic carbocycles. The van der Waals surface area contributed by atoms with Gasteiger partial charge in [0, 0.05) is 0 Å². The summed E-state index contributed by atoms with van der Waals surface area (Å²) in [6.07, 6.45) is 0. The number of carbonyl (C=O) groups is 1. The van der Waals surface area contributed by atoms with Gasteiger partial charge in [-0.3, -0.25) is 4.79 Å². The first kappa shape index (κ1) is 10.5. The molecule has 1 rings (SSSR count). The lowest BCUT2D eigenvalue weighted by Gasteiger charge is -2.04. The van der Waals surface area contributed by atoms with Crippen molar-refractivity contribution in [1.29, 1.82) is 5.26 Å². The van der Waals surface area contributed by atoms with E-state index >= 15 is 0 Å². The highest BCUT2D eigenvalue weighted by Gasteiger charge is 2.17. The molecule has 14 heavy (non-hydrogen) atoms. The van der Waals surface area contributed by atoms with Gasteiger partial charge in [-0.2, -0.15) is 5.26 Å². The summed E-state index contributed by atoms with van der Waals surface area (Å²) in [7, 11) is 1.27. The molecular weight excluding hydrogens is 209 g/mol. The van der Waals surface area contributed by atoms with Crippen molar-refractivity contribution >= 4 is 16.8 Å². The lowest BCUT2D eigenvalue weighted by atomic mass is 10.1. The second-order valence-corrected chi connectivity index (χ2v) is 2.73. The summed E-state index contributed by atoms with van der Waals surface area (Å²) in [4.78, 5) is 10.8. The Morgan fingerprint density at radius 1 is 1.64 bits per heavy atom. The van der Waals surface area contributed by atoms with Crippen LogP contribution < -0.4 is 4.74 Å². The number of rotatable bonds is 2. The van der Waals surface area contributed by atoms with Gasteiger partial charge in [-0.15, -0.1) is 0 Å². The van der Waals surface area contributed by atoms with E-state index in [1.165, 1.54) is 19.2 Å². The Kier molecular flexibility index (Phi) is 3.05. The summed E-state index contributed by atoms with van der Waals surface area (Å²) >= 11 is 5.16. The van der Waals surface area contributed by atoms with E-state index in [4.69, 9.17) is 16.9 Å². The highest BCUT2D eigenvalue weighted by atomic mass is 35.5. The van der Waals surface area contributed by atoms with Gasteiger partial charge < -0.3 is 4.74 Å². The van der Waals surface area contributed by atoms with Crippen molar-refractivity contribution in [3.05, 3.63) is 29.1 Å². The Balaban J connectivity index is 3.45. The van der Waals surface area contributed by atoms with Crippen LogP contribution in [-0.2, 0) is 0 Å². The Bertz CT molecular complexity index is 426. The van der Waals surface area contributed by atoms with E-state index in [1.54, 1.807) is 6.07 Å². The van der Waals surface area contributed by atoms with Crippen molar-refractivity contribution in [2.45, 2.75) is 0 Å². The number of halogens is 2. The molecule has 0 saturated heterocycles. The van der Waals surface area contributed by atoms with Crippen LogP contribution in [0.2, 0.25) is 0 Å². The van der Waals surface area contributed by atoms with Crippen LogP contribution in [0.25, 0.3) is 0 Å². The zero-order chi connectivity index (χ0) is 10.7. The first-order chi connectivity index (χ1) is 6.61. The molecule has 0 atom stereocenters. The van der Waals surface area contributed by atoms with Crippen molar-refractivity contribution in [2.24, 2.45) is 0 Å². The number of hydrogen-bond donors (Lipinski definition) is 0. The summed E-state index contributed by atoms with van der Waals surface area (Å²) in [5.74, 6) is -0.968. The fraction of sp³-hybridized carbons (Fsp3) is 0.111. The van der Waals surface area contributed by atoms with E-state index < -0.39 is 16.6 Å². The molecule has 0 heterocycles. The number of hydrogen-bond acceptors (Lipinski definition) is 3. The molecule has 0 amide bonds. The smallest absolute Gasteiger partial charge is 0.253 e. The zero-order valence-electron chi connectivity index (χ0n) is 7.17. The van der Waals surface area contributed by atoms with Gasteiger partial charge in [-0.1, -0.05) is 0 Å². The molecule has 72 valence electrons. The quantitative estimate of drug-likeness (QED) is 0.707. The highest BCUT2D eigenvalue weighted by molar-refractivity contribution is 6.68. The van der Waals surface area contributed by atoms with Crippen LogP contribution in [0.15, 0.2) is 12.1 Å². The molecule has 0 aliphatic heterocycles. The van der Waals surface area contributed by atoms with Crippen molar-refractivity contribution in [3.63, 3.8) is 0 Å². The summed E-state index contributed by atoms with van der Waals surface area (Å²) in [5.41, 5.74) is -0.559. The minimum Gasteiger partial charge on any atom is -0.494 e. The van der Waals surface area contributed by atoms with Crippen LogP contribution >= 0.6 is 11.6 Å². The van der Waals surface area contributed by atoms with Crippen molar-refractivity contribution in [2.75, 3.05) is 7.11 Å². The fourth-order valence-corrected chi connectivity index (χ4v) is 1.15. The number of methoxy groups -OCH3 is 1. The largest absolute Gasteiger partial charge is 0.494 e. The van der Waals surface area contributed by atoms with Crippen LogP contribution in [0, 0.1) is 17.1 Å². The first-order valence-corrected chi connectivity index (χ1v) is 3.96. The number of nitriles is 1. The van der Waals surface area contributed by atoms with Gasteiger partial charge in [0.2, 0.25) is 0 Å². The van der Waals surface area contributed by atoms with Crippen LogP contribution in [0.4, 0.5) is 4.39 Å². The molecule has 5 heteroatoms. The van der Waals surface area contributed by atoms with Crippen LogP contribution in [0.3, 0.4) is 0 Å². The summed E-state index contributed by atoms with van der Waals surface area (Å²) in [6, 6.07) is 4.05. The van der Waals surface area contributed by atoms with Gasteiger partial charge in [0.1, 0.15) is 11.6 Å². The van der Waals surface area contributed by atoms with E-state index in [2.05, 4.69) is 4.74 Å². The first-order valence-electron chi connectivity index (χ1n) is 3.58. The van der Waals surface area contributed by atoms with Crippen molar-refractivity contribution in [1.82, 2.24) is 0 Å². The fourth-order valence-electron chi connectivity index (χ4n) is 0.988. The summed E-state index contributed by atoms with van der Waals surface area (Å²) < 4.78 is 18.0. The van der Waals surface area contributed by atoms with Crippen LogP contribution in [0.5, 0.6) is 5.75 Å². The highest BCUT2D eigenvalue weighted by Crippen LogP contribution is 2.23. The van der Waals surface area contributed by atoms with Gasteiger partial charge >= 0.3 is 0 Å². The number of ether oxygens (including phenoxy) is 1. The topological polar surface area (TPSA) is 50.1 Å². The third-order valence-electron chi connectivity index (χ3n) is 1.65. The van der Waals surface area contributed by atoms with Crippen molar-refractivity contribution < 1.29 is 13.9 Å². The maximum absolute atomic E-state index is 13.3. The Morgan fingerprint density at radius 2 is 2.29 bits per heavy atom. The zero-order valence-corrected chi connectivity index (χ0v) is 7.93. The van der Waals surface area contributed by atoms with E-state index in [0.29, 0.717) is 0 Å². The van der Waals surface area contributed by atoms with Crippen LogP contribution in [0.1, 0.15) is 15.9 Å². The van der Waals surface area contributed by atoms with Gasteiger partial charge in [0.05, 0.1) is 12.7 Å². The molecule has 3 nitrogen and oxygen atoms in total. The summed E-state index contributed by atoms with van der Waals surface area (Å²) in [5, 5.41) is 7.74. The minimum absolute atomic E-state index is 0.0942. The van der Waals surface area contributed by atoms with E-state index in [0.717, 1.165) is 0 Å². The Morgan fingerprint density at radius 3 is 2.71 bits per heavy atom. The lowest BCUT2D eigenvalue weighted by molar-refractivity contribution is 0.108. The van der Waals surface area contributed by atoms with E-state index in [1.807, 2.05) is 0 Å². The van der Waals surface area contributed by atoms with Gasteiger partial charge in [-0.25, -0.2) is 4.39 Å².